The van der Waals surface area contributed by atoms with Crippen LogP contribution in [-0.2, 0) is 0 Å². The Morgan fingerprint density at radius 2 is 1.20 bits per heavy atom. The molecule has 4 heterocycles. The van der Waals surface area contributed by atoms with E-state index in [0.717, 1.165) is 0 Å². The first-order valence-electron chi connectivity index (χ1n) is 8.24. The van der Waals surface area contributed by atoms with Crippen molar-refractivity contribution in [3.63, 3.8) is 0 Å². The second-order valence-corrected chi connectivity index (χ2v) is 6.39. The van der Waals surface area contributed by atoms with Crippen LogP contribution >= 0.6 is 0 Å². The van der Waals surface area contributed by atoms with E-state index in [1.165, 1.54) is 63.0 Å². The Bertz CT molecular complexity index is 452. The zero-order chi connectivity index (χ0) is 13.4. The van der Waals surface area contributed by atoms with Crippen molar-refractivity contribution in [1.82, 2.24) is 9.80 Å². The largest absolute Gasteiger partial charge is 0.363 e. The lowest BCUT2D eigenvalue weighted by Gasteiger charge is -2.46. The van der Waals surface area contributed by atoms with Crippen LogP contribution in [0.25, 0.3) is 0 Å². The minimum Gasteiger partial charge on any atom is -0.363 e. The molecule has 2 fully saturated rings. The van der Waals surface area contributed by atoms with Crippen molar-refractivity contribution in [3.05, 3.63) is 47.9 Å². The number of fused-ring (bicyclic) bond motifs is 2. The predicted molar refractivity (Wildman–Crippen MR) is 83.1 cm³/mol. The molecular weight excluding hydrogens is 244 g/mol. The van der Waals surface area contributed by atoms with Gasteiger partial charge >= 0.3 is 0 Å². The Labute approximate surface area is 122 Å². The van der Waals surface area contributed by atoms with Crippen LogP contribution in [0.2, 0.25) is 0 Å². The molecule has 2 unspecified atom stereocenters. The highest BCUT2D eigenvalue weighted by molar-refractivity contribution is 5.41. The van der Waals surface area contributed by atoms with E-state index in [0.29, 0.717) is 12.1 Å². The quantitative estimate of drug-likeness (QED) is 0.717. The summed E-state index contributed by atoms with van der Waals surface area (Å²) in [7, 11) is 0. The maximum Gasteiger partial charge on any atom is 0.0609 e. The molecule has 4 aliphatic rings. The molecule has 0 amide bonds. The van der Waals surface area contributed by atoms with E-state index < -0.39 is 0 Å². The number of piperidine rings is 2. The maximum atomic E-state index is 2.64. The van der Waals surface area contributed by atoms with Gasteiger partial charge in [0.2, 0.25) is 0 Å². The van der Waals surface area contributed by atoms with Crippen molar-refractivity contribution in [1.29, 1.82) is 0 Å². The van der Waals surface area contributed by atoms with Crippen molar-refractivity contribution in [2.24, 2.45) is 0 Å². The Kier molecular flexibility index (Phi) is 3.17. The van der Waals surface area contributed by atoms with Gasteiger partial charge in [-0.1, -0.05) is 24.3 Å². The number of hydrogen-bond donors (Lipinski definition) is 0. The first-order chi connectivity index (χ1) is 9.93. The van der Waals surface area contributed by atoms with Gasteiger partial charge in [0.15, 0.2) is 0 Å². The molecule has 0 aromatic rings. The second kappa shape index (κ2) is 5.16. The lowest BCUT2D eigenvalue weighted by atomic mass is 9.93. The number of rotatable bonds is 1. The summed E-state index contributed by atoms with van der Waals surface area (Å²) in [6, 6.07) is 1.28. The van der Waals surface area contributed by atoms with Gasteiger partial charge in [-0.2, -0.15) is 0 Å². The van der Waals surface area contributed by atoms with Crippen LogP contribution in [0.4, 0.5) is 0 Å². The molecule has 0 N–H and O–H groups in total. The average Bonchev–Trinajstić information content (AvgIpc) is 2.54. The molecule has 0 spiro atoms. The molecule has 2 heteroatoms. The number of allylic oxidation sites excluding steroid dienone is 4. The Morgan fingerprint density at radius 1 is 0.700 bits per heavy atom. The van der Waals surface area contributed by atoms with Crippen LogP contribution in [0.1, 0.15) is 38.5 Å². The van der Waals surface area contributed by atoms with Gasteiger partial charge in [-0.05, 0) is 50.7 Å². The molecule has 0 saturated carbocycles. The fourth-order valence-corrected chi connectivity index (χ4v) is 4.12. The number of hydrogen-bond acceptors (Lipinski definition) is 2. The van der Waals surface area contributed by atoms with Crippen LogP contribution in [0.3, 0.4) is 0 Å². The molecule has 0 aliphatic carbocycles. The molecule has 20 heavy (non-hydrogen) atoms. The molecule has 0 aromatic carbocycles. The lowest BCUT2D eigenvalue weighted by Crippen LogP contribution is -2.45. The molecule has 2 atom stereocenters. The van der Waals surface area contributed by atoms with Crippen LogP contribution < -0.4 is 0 Å². The highest BCUT2D eigenvalue weighted by Gasteiger charge is 2.31. The van der Waals surface area contributed by atoms with E-state index in [2.05, 4.69) is 46.3 Å². The normalized spacial score (nSPS) is 32.4. The number of nitrogens with zero attached hydrogens (tertiary/aromatic N) is 2. The molecule has 4 rings (SSSR count). The maximum absolute atomic E-state index is 2.64. The summed E-state index contributed by atoms with van der Waals surface area (Å²) in [6.45, 7) is 2.45. The van der Waals surface area contributed by atoms with Gasteiger partial charge in [0.05, 0.1) is 11.4 Å². The van der Waals surface area contributed by atoms with E-state index in [-0.39, 0.29) is 0 Å². The zero-order valence-electron chi connectivity index (χ0n) is 12.2. The fourth-order valence-electron chi connectivity index (χ4n) is 4.12. The van der Waals surface area contributed by atoms with E-state index >= 15 is 0 Å². The van der Waals surface area contributed by atoms with Gasteiger partial charge < -0.3 is 9.80 Å². The van der Waals surface area contributed by atoms with Crippen LogP contribution in [-0.4, -0.2) is 35.0 Å². The summed E-state index contributed by atoms with van der Waals surface area (Å²) in [6.07, 6.45) is 22.1. The highest BCUT2D eigenvalue weighted by atomic mass is 15.3. The lowest BCUT2D eigenvalue weighted by molar-refractivity contribution is 0.188. The van der Waals surface area contributed by atoms with Crippen molar-refractivity contribution in [2.75, 3.05) is 13.1 Å². The van der Waals surface area contributed by atoms with Gasteiger partial charge in [-0.15, -0.1) is 0 Å². The molecule has 4 aliphatic heterocycles. The third kappa shape index (κ3) is 2.02. The fraction of sp³-hybridized carbons (Fsp3) is 0.556. The van der Waals surface area contributed by atoms with Crippen LogP contribution in [0, 0.1) is 0 Å². The standard InChI is InChI=1S/C18H24N2/c1-3-13-19-15(7-1)9-5-11-17(19)18-12-6-10-16-8-2-4-14-20(16)18/h5-6,9-12,15-16H,1-4,7-8,13-14H2. The highest BCUT2D eigenvalue weighted by Crippen LogP contribution is 2.35. The third-order valence-electron chi connectivity index (χ3n) is 5.15. The Hall–Kier alpha value is -1.44. The van der Waals surface area contributed by atoms with Gasteiger partial charge in [-0.3, -0.25) is 0 Å². The Balaban J connectivity index is 1.65. The smallest absolute Gasteiger partial charge is 0.0609 e. The summed E-state index contributed by atoms with van der Waals surface area (Å²) >= 11 is 0. The molecule has 0 aromatic heterocycles. The second-order valence-electron chi connectivity index (χ2n) is 6.39. The topological polar surface area (TPSA) is 6.48 Å². The van der Waals surface area contributed by atoms with Crippen molar-refractivity contribution >= 4 is 0 Å². The Morgan fingerprint density at radius 3 is 1.70 bits per heavy atom. The van der Waals surface area contributed by atoms with Gasteiger partial charge in [0.1, 0.15) is 0 Å². The summed E-state index contributed by atoms with van der Waals surface area (Å²) in [5, 5.41) is 0. The van der Waals surface area contributed by atoms with Gasteiger partial charge in [0, 0.05) is 25.2 Å². The molecular formula is C18H24N2. The molecule has 0 bridgehead atoms. The van der Waals surface area contributed by atoms with Crippen LogP contribution in [0.5, 0.6) is 0 Å². The summed E-state index contributed by atoms with van der Waals surface area (Å²) < 4.78 is 0. The minimum absolute atomic E-state index is 0.638. The first-order valence-corrected chi connectivity index (χ1v) is 8.24. The van der Waals surface area contributed by atoms with Crippen molar-refractivity contribution in [3.8, 4) is 0 Å². The van der Waals surface area contributed by atoms with Gasteiger partial charge in [-0.25, -0.2) is 0 Å². The summed E-state index contributed by atoms with van der Waals surface area (Å²) in [5.74, 6) is 0. The zero-order valence-corrected chi connectivity index (χ0v) is 12.2. The predicted octanol–water partition coefficient (Wildman–Crippen LogP) is 3.60. The van der Waals surface area contributed by atoms with Crippen molar-refractivity contribution in [2.45, 2.75) is 50.6 Å². The van der Waals surface area contributed by atoms with E-state index in [9.17, 15) is 0 Å². The summed E-state index contributed by atoms with van der Waals surface area (Å²) in [5.41, 5.74) is 2.93. The molecule has 0 radical (unpaired) electrons. The summed E-state index contributed by atoms with van der Waals surface area (Å²) in [4.78, 5) is 5.28. The van der Waals surface area contributed by atoms with E-state index in [1.54, 1.807) is 0 Å². The monoisotopic (exact) mass is 268 g/mol. The third-order valence-corrected chi connectivity index (χ3v) is 5.15. The van der Waals surface area contributed by atoms with E-state index in [4.69, 9.17) is 0 Å². The molecule has 2 nitrogen and oxygen atoms in total. The minimum atomic E-state index is 0.638. The SMILES string of the molecule is C1=CC2CCCCN2C(C2=CC=CC3CCCCN23)=C1. The van der Waals surface area contributed by atoms with Gasteiger partial charge in [0.25, 0.3) is 0 Å². The van der Waals surface area contributed by atoms with Crippen molar-refractivity contribution < 1.29 is 0 Å². The van der Waals surface area contributed by atoms with Crippen LogP contribution in [0.15, 0.2) is 47.9 Å². The molecule has 2 saturated heterocycles. The average molecular weight is 268 g/mol. The molecule has 106 valence electrons. The first kappa shape index (κ1) is 12.3. The van der Waals surface area contributed by atoms with E-state index in [1.807, 2.05) is 0 Å².